The molecule has 2 aliphatic rings. The van der Waals surface area contributed by atoms with Gasteiger partial charge in [0.25, 0.3) is 0 Å². The van der Waals surface area contributed by atoms with Gasteiger partial charge in [-0.2, -0.15) is 0 Å². The zero-order chi connectivity index (χ0) is 16.0. The maximum atomic E-state index is 9.49. The lowest BCUT2D eigenvalue weighted by atomic mass is 9.74. The fourth-order valence-corrected chi connectivity index (χ4v) is 5.35. The maximum Gasteiger partial charge on any atom is 0.130 e. The second-order valence-corrected chi connectivity index (χ2v) is 7.89. The molecule has 0 bridgehead atoms. The van der Waals surface area contributed by atoms with Crippen molar-refractivity contribution in [3.63, 3.8) is 0 Å². The van der Waals surface area contributed by atoms with Gasteiger partial charge in [0.2, 0.25) is 0 Å². The Kier molecular flexibility index (Phi) is 3.73. The van der Waals surface area contributed by atoms with Gasteiger partial charge in [-0.15, -0.1) is 0 Å². The minimum atomic E-state index is 0.331. The van der Waals surface area contributed by atoms with Crippen molar-refractivity contribution < 1.29 is 9.59 Å². The van der Waals surface area contributed by atoms with Gasteiger partial charge in [0.05, 0.1) is 25.8 Å². The third-order valence-corrected chi connectivity index (χ3v) is 6.67. The predicted molar refractivity (Wildman–Crippen MR) is 94.3 cm³/mol. The number of benzene rings is 1. The number of hydrogen-bond acceptors (Lipinski definition) is 1. The molecular weight excluding hydrogens is 284 g/mol. The summed E-state index contributed by atoms with van der Waals surface area (Å²) in [5, 5.41) is 10.9. The lowest BCUT2D eigenvalue weighted by Gasteiger charge is -2.52. The van der Waals surface area contributed by atoms with Crippen molar-refractivity contribution in [1.29, 1.82) is 0 Å². The summed E-state index contributed by atoms with van der Waals surface area (Å²) in [4.78, 5) is 3.76. The number of quaternary nitrogens is 1. The number of rotatable bonds is 3. The molecule has 0 amide bonds. The van der Waals surface area contributed by atoms with Crippen LogP contribution in [0.25, 0.3) is 10.9 Å². The Balaban J connectivity index is 1.76. The average molecular weight is 313 g/mol. The Morgan fingerprint density at radius 3 is 2.87 bits per heavy atom. The number of aliphatic hydroxyl groups excluding tert-OH is 1. The summed E-state index contributed by atoms with van der Waals surface area (Å²) in [5.41, 5.74) is 4.33. The van der Waals surface area contributed by atoms with E-state index >= 15 is 0 Å². The van der Waals surface area contributed by atoms with E-state index in [0.717, 1.165) is 12.3 Å². The number of para-hydroxylation sites is 1. The predicted octanol–water partition coefficient (Wildman–Crippen LogP) is 3.64. The first kappa shape index (κ1) is 15.2. The van der Waals surface area contributed by atoms with Crippen LogP contribution in [0.3, 0.4) is 0 Å². The highest BCUT2D eigenvalue weighted by Crippen LogP contribution is 2.48. The van der Waals surface area contributed by atoms with Gasteiger partial charge in [-0.3, -0.25) is 0 Å². The normalized spacial score (nSPS) is 33.4. The van der Waals surface area contributed by atoms with Crippen molar-refractivity contribution in [3.8, 4) is 0 Å². The molecule has 1 unspecified atom stereocenters. The summed E-state index contributed by atoms with van der Waals surface area (Å²) in [6, 6.07) is 9.33. The van der Waals surface area contributed by atoms with Crippen LogP contribution in [-0.2, 0) is 6.42 Å². The van der Waals surface area contributed by atoms with E-state index in [1.165, 1.54) is 53.4 Å². The topological polar surface area (TPSA) is 36.0 Å². The van der Waals surface area contributed by atoms with Crippen molar-refractivity contribution >= 4 is 10.9 Å². The number of H-pyrrole nitrogens is 1. The Morgan fingerprint density at radius 2 is 2.09 bits per heavy atom. The smallest absolute Gasteiger partial charge is 0.130 e. The summed E-state index contributed by atoms with van der Waals surface area (Å²) in [6.45, 7) is 5.17. The first-order valence-electron chi connectivity index (χ1n) is 9.21. The number of aliphatic hydroxyl groups is 1. The molecule has 3 nitrogen and oxygen atoms in total. The van der Waals surface area contributed by atoms with Crippen LogP contribution in [0.15, 0.2) is 24.3 Å². The van der Waals surface area contributed by atoms with E-state index in [-0.39, 0.29) is 0 Å². The molecule has 2 aliphatic heterocycles. The molecule has 0 spiro atoms. The second kappa shape index (κ2) is 5.64. The van der Waals surface area contributed by atoms with E-state index in [1.807, 2.05) is 0 Å². The fraction of sp³-hybridized carbons (Fsp3) is 0.600. The standard InChI is InChI=1S/C20H29N2O/c1-3-14-13-22(2)10-8-17-16-6-4-5-7-18(16)21-20(17)19(22)12-15(14)9-11-23/h4-7,14-15,19,21,23H,3,8-13H2,1-2H3/q+1/t14-,15-,19+,22?/m0/s1. The number of fused-ring (bicyclic) bond motifs is 5. The van der Waals surface area contributed by atoms with Gasteiger partial charge in [0, 0.05) is 36.3 Å². The summed E-state index contributed by atoms with van der Waals surface area (Å²) in [6.07, 6.45) is 4.61. The third kappa shape index (κ3) is 2.33. The van der Waals surface area contributed by atoms with Gasteiger partial charge in [-0.25, -0.2) is 0 Å². The molecule has 0 saturated carbocycles. The Hall–Kier alpha value is -1.32. The summed E-state index contributed by atoms with van der Waals surface area (Å²) >= 11 is 0. The molecule has 1 fully saturated rings. The SMILES string of the molecule is CC[C@H]1C[N+]2(C)CCc3c([nH]c4ccccc34)[C@H]2C[C@@H]1CCO. The van der Waals surface area contributed by atoms with Crippen LogP contribution >= 0.6 is 0 Å². The molecule has 2 N–H and O–H groups in total. The lowest BCUT2D eigenvalue weighted by Crippen LogP contribution is -2.58. The molecule has 4 atom stereocenters. The first-order valence-corrected chi connectivity index (χ1v) is 9.21. The van der Waals surface area contributed by atoms with Crippen molar-refractivity contribution in [2.24, 2.45) is 11.8 Å². The molecule has 2 aromatic rings. The van der Waals surface area contributed by atoms with Gasteiger partial charge in [0.15, 0.2) is 0 Å². The van der Waals surface area contributed by atoms with Gasteiger partial charge in [0.1, 0.15) is 6.04 Å². The highest BCUT2D eigenvalue weighted by Gasteiger charge is 2.48. The maximum absolute atomic E-state index is 9.49. The first-order chi connectivity index (χ1) is 11.2. The fourth-order valence-electron chi connectivity index (χ4n) is 5.35. The highest BCUT2D eigenvalue weighted by atomic mass is 16.3. The van der Waals surface area contributed by atoms with E-state index < -0.39 is 0 Å². The number of likely N-dealkylation sites (N-methyl/N-ethyl adjacent to an activating group) is 1. The van der Waals surface area contributed by atoms with Crippen LogP contribution in [0.1, 0.15) is 43.5 Å². The van der Waals surface area contributed by atoms with Gasteiger partial charge < -0.3 is 14.6 Å². The summed E-state index contributed by atoms with van der Waals surface area (Å²) in [7, 11) is 2.46. The van der Waals surface area contributed by atoms with Crippen LogP contribution < -0.4 is 0 Å². The molecule has 124 valence electrons. The molecular formula is C20H29N2O+. The van der Waals surface area contributed by atoms with Crippen LogP contribution in [0, 0.1) is 11.8 Å². The molecule has 0 aliphatic carbocycles. The van der Waals surface area contributed by atoms with Gasteiger partial charge in [-0.1, -0.05) is 25.1 Å². The number of nitrogens with one attached hydrogen (secondary N) is 1. The average Bonchev–Trinajstić information content (AvgIpc) is 2.93. The minimum Gasteiger partial charge on any atom is -0.396 e. The van der Waals surface area contributed by atoms with Crippen molar-refractivity contribution in [3.05, 3.63) is 35.5 Å². The monoisotopic (exact) mass is 313 g/mol. The van der Waals surface area contributed by atoms with Crippen molar-refractivity contribution in [1.82, 2.24) is 4.98 Å². The molecule has 1 aromatic carbocycles. The van der Waals surface area contributed by atoms with E-state index in [2.05, 4.69) is 43.2 Å². The minimum absolute atomic E-state index is 0.331. The molecule has 23 heavy (non-hydrogen) atoms. The Bertz CT molecular complexity index is 707. The lowest BCUT2D eigenvalue weighted by molar-refractivity contribution is -0.951. The molecule has 3 heteroatoms. The van der Waals surface area contributed by atoms with E-state index in [9.17, 15) is 5.11 Å². The molecule has 3 heterocycles. The number of hydrogen-bond donors (Lipinski definition) is 2. The van der Waals surface area contributed by atoms with Crippen molar-refractivity contribution in [2.75, 3.05) is 26.7 Å². The van der Waals surface area contributed by atoms with Crippen LogP contribution in [-0.4, -0.2) is 41.3 Å². The molecule has 0 radical (unpaired) electrons. The Labute approximate surface area is 138 Å². The van der Waals surface area contributed by atoms with Gasteiger partial charge in [-0.05, 0) is 30.4 Å². The van der Waals surface area contributed by atoms with Crippen LogP contribution in [0.4, 0.5) is 0 Å². The highest BCUT2D eigenvalue weighted by molar-refractivity contribution is 5.85. The zero-order valence-corrected chi connectivity index (χ0v) is 14.4. The second-order valence-electron chi connectivity index (χ2n) is 7.89. The van der Waals surface area contributed by atoms with Crippen LogP contribution in [0.2, 0.25) is 0 Å². The van der Waals surface area contributed by atoms with E-state index in [0.29, 0.717) is 18.6 Å². The quantitative estimate of drug-likeness (QED) is 0.834. The number of piperidine rings is 1. The number of aromatic amines is 1. The summed E-state index contributed by atoms with van der Waals surface area (Å²) in [5.74, 6) is 1.42. The van der Waals surface area contributed by atoms with E-state index in [4.69, 9.17) is 0 Å². The number of aromatic nitrogens is 1. The summed E-state index contributed by atoms with van der Waals surface area (Å²) < 4.78 is 1.18. The third-order valence-electron chi connectivity index (χ3n) is 6.67. The van der Waals surface area contributed by atoms with E-state index in [1.54, 1.807) is 5.56 Å². The number of nitrogens with zero attached hydrogens (tertiary/aromatic N) is 1. The molecule has 1 aromatic heterocycles. The largest absolute Gasteiger partial charge is 0.396 e. The van der Waals surface area contributed by atoms with Crippen molar-refractivity contribution in [2.45, 2.75) is 38.6 Å². The Morgan fingerprint density at radius 1 is 1.26 bits per heavy atom. The van der Waals surface area contributed by atoms with Gasteiger partial charge >= 0.3 is 0 Å². The zero-order valence-electron chi connectivity index (χ0n) is 14.4. The molecule has 4 rings (SSSR count). The van der Waals surface area contributed by atoms with Crippen LogP contribution in [0.5, 0.6) is 0 Å². The molecule has 1 saturated heterocycles.